The van der Waals surface area contributed by atoms with E-state index in [9.17, 15) is 13.2 Å². The number of rotatable bonds is 7. The summed E-state index contributed by atoms with van der Waals surface area (Å²) in [4.78, 5) is 11.1. The van der Waals surface area contributed by atoms with Crippen LogP contribution in [0.2, 0.25) is 0 Å². The Morgan fingerprint density at radius 1 is 1.33 bits per heavy atom. The second-order valence-electron chi connectivity index (χ2n) is 5.95. The average molecular weight is 279 g/mol. The number of aliphatic carboxylic acids is 1. The molecule has 0 fully saturated rings. The Hall–Kier alpha value is -0.620. The minimum absolute atomic E-state index is 0.0449. The Morgan fingerprint density at radius 3 is 2.17 bits per heavy atom. The van der Waals surface area contributed by atoms with E-state index in [-0.39, 0.29) is 17.1 Å². The summed E-state index contributed by atoms with van der Waals surface area (Å²) in [7, 11) is -3.54. The highest BCUT2D eigenvalue weighted by atomic mass is 32.2. The van der Waals surface area contributed by atoms with Crippen molar-refractivity contribution >= 4 is 16.0 Å². The lowest BCUT2D eigenvalue weighted by Crippen LogP contribution is -2.46. The van der Waals surface area contributed by atoms with E-state index in [0.717, 1.165) is 0 Å². The lowest BCUT2D eigenvalue weighted by Gasteiger charge is -2.22. The largest absolute Gasteiger partial charge is 0.480 e. The number of carbonyl (C=O) groups is 1. The minimum Gasteiger partial charge on any atom is -0.480 e. The standard InChI is InChI=1S/C12H25NO4S/c1-6-9(2)10(11(14)15)13-18(16,17)8-7-12(3,4)5/h9-10,13H,6-8H2,1-5H3,(H,14,15)/t9-,10-/m0/s1. The quantitative estimate of drug-likeness (QED) is 0.745. The van der Waals surface area contributed by atoms with Gasteiger partial charge in [-0.2, -0.15) is 0 Å². The second kappa shape index (κ2) is 6.52. The highest BCUT2D eigenvalue weighted by Gasteiger charge is 2.28. The van der Waals surface area contributed by atoms with Crippen molar-refractivity contribution < 1.29 is 18.3 Å². The SMILES string of the molecule is CC[C@H](C)[C@H](NS(=O)(=O)CCC(C)(C)C)C(=O)O. The van der Waals surface area contributed by atoms with E-state index in [1.165, 1.54) is 0 Å². The van der Waals surface area contributed by atoms with Crippen LogP contribution >= 0.6 is 0 Å². The molecule has 6 heteroatoms. The van der Waals surface area contributed by atoms with Gasteiger partial charge >= 0.3 is 5.97 Å². The molecule has 0 aromatic carbocycles. The summed E-state index contributed by atoms with van der Waals surface area (Å²) < 4.78 is 26.0. The molecule has 0 amide bonds. The van der Waals surface area contributed by atoms with Crippen molar-refractivity contribution in [2.45, 2.75) is 53.5 Å². The first-order chi connectivity index (χ1) is 7.98. The number of carboxylic acid groups (broad SMARTS) is 1. The van der Waals surface area contributed by atoms with E-state index < -0.39 is 22.0 Å². The van der Waals surface area contributed by atoms with Crippen molar-refractivity contribution in [2.75, 3.05) is 5.75 Å². The fourth-order valence-corrected chi connectivity index (χ4v) is 3.06. The van der Waals surface area contributed by atoms with Crippen LogP contribution in [0.4, 0.5) is 0 Å². The smallest absolute Gasteiger partial charge is 0.322 e. The number of hydrogen-bond donors (Lipinski definition) is 2. The third kappa shape index (κ3) is 6.96. The van der Waals surface area contributed by atoms with Gasteiger partial charge in [0.05, 0.1) is 5.75 Å². The molecule has 0 aliphatic heterocycles. The van der Waals surface area contributed by atoms with Crippen molar-refractivity contribution in [3.05, 3.63) is 0 Å². The zero-order chi connectivity index (χ0) is 14.6. The van der Waals surface area contributed by atoms with Gasteiger partial charge in [0, 0.05) is 0 Å². The second-order valence-corrected chi connectivity index (χ2v) is 7.82. The molecule has 0 spiro atoms. The van der Waals surface area contributed by atoms with Crippen LogP contribution in [-0.4, -0.2) is 31.3 Å². The van der Waals surface area contributed by atoms with E-state index in [1.807, 2.05) is 27.7 Å². The van der Waals surface area contributed by atoms with Gasteiger partial charge in [-0.15, -0.1) is 0 Å². The van der Waals surface area contributed by atoms with Crippen LogP contribution in [0.15, 0.2) is 0 Å². The van der Waals surface area contributed by atoms with Gasteiger partial charge in [-0.25, -0.2) is 13.1 Å². The van der Waals surface area contributed by atoms with Crippen LogP contribution in [0.1, 0.15) is 47.5 Å². The van der Waals surface area contributed by atoms with Crippen LogP contribution in [0.25, 0.3) is 0 Å². The van der Waals surface area contributed by atoms with Crippen LogP contribution in [0, 0.1) is 11.3 Å². The van der Waals surface area contributed by atoms with Gasteiger partial charge in [0.1, 0.15) is 6.04 Å². The zero-order valence-corrected chi connectivity index (χ0v) is 12.7. The summed E-state index contributed by atoms with van der Waals surface area (Å²) in [5.74, 6) is -1.40. The summed E-state index contributed by atoms with van der Waals surface area (Å²) in [5.41, 5.74) is -0.0934. The maximum Gasteiger partial charge on any atom is 0.322 e. The molecule has 2 N–H and O–H groups in total. The molecular weight excluding hydrogens is 254 g/mol. The van der Waals surface area contributed by atoms with E-state index in [2.05, 4.69) is 4.72 Å². The normalized spacial score (nSPS) is 16.3. The van der Waals surface area contributed by atoms with Crippen molar-refractivity contribution in [1.29, 1.82) is 0 Å². The Morgan fingerprint density at radius 2 is 1.83 bits per heavy atom. The summed E-state index contributed by atoms with van der Waals surface area (Å²) in [5, 5.41) is 9.04. The van der Waals surface area contributed by atoms with Crippen molar-refractivity contribution in [1.82, 2.24) is 4.72 Å². The first kappa shape index (κ1) is 17.4. The highest BCUT2D eigenvalue weighted by Crippen LogP contribution is 2.19. The Labute approximate surface area is 110 Å². The summed E-state index contributed by atoms with van der Waals surface area (Å²) in [6, 6.07) is -1.04. The number of hydrogen-bond acceptors (Lipinski definition) is 3. The van der Waals surface area contributed by atoms with Gasteiger partial charge in [0.15, 0.2) is 0 Å². The van der Waals surface area contributed by atoms with Gasteiger partial charge < -0.3 is 5.11 Å². The third-order valence-electron chi connectivity index (χ3n) is 2.91. The first-order valence-corrected chi connectivity index (χ1v) is 7.86. The van der Waals surface area contributed by atoms with Gasteiger partial charge in [0.2, 0.25) is 10.0 Å². The van der Waals surface area contributed by atoms with Crippen LogP contribution in [0.5, 0.6) is 0 Å². The predicted octanol–water partition coefficient (Wildman–Crippen LogP) is 1.84. The molecule has 0 aliphatic rings. The van der Waals surface area contributed by atoms with E-state index in [1.54, 1.807) is 6.92 Å². The molecule has 0 saturated heterocycles. The van der Waals surface area contributed by atoms with Crippen LogP contribution in [-0.2, 0) is 14.8 Å². The monoisotopic (exact) mass is 279 g/mol. The van der Waals surface area contributed by atoms with Gasteiger partial charge in [-0.05, 0) is 17.8 Å². The van der Waals surface area contributed by atoms with Gasteiger partial charge in [-0.3, -0.25) is 4.79 Å². The van der Waals surface area contributed by atoms with Crippen molar-refractivity contribution in [3.63, 3.8) is 0 Å². The highest BCUT2D eigenvalue weighted by molar-refractivity contribution is 7.89. The predicted molar refractivity (Wildman–Crippen MR) is 71.9 cm³/mol. The molecule has 0 saturated carbocycles. The van der Waals surface area contributed by atoms with E-state index in [0.29, 0.717) is 12.8 Å². The molecule has 18 heavy (non-hydrogen) atoms. The Bertz CT molecular complexity index is 370. The van der Waals surface area contributed by atoms with E-state index in [4.69, 9.17) is 5.11 Å². The fraction of sp³-hybridized carbons (Fsp3) is 0.917. The van der Waals surface area contributed by atoms with E-state index >= 15 is 0 Å². The molecule has 0 aromatic rings. The molecule has 0 rings (SSSR count). The average Bonchev–Trinajstić information content (AvgIpc) is 2.21. The van der Waals surface area contributed by atoms with Crippen molar-refractivity contribution in [3.8, 4) is 0 Å². The lowest BCUT2D eigenvalue weighted by atomic mass is 9.94. The summed E-state index contributed by atoms with van der Waals surface area (Å²) in [6.45, 7) is 9.42. The summed E-state index contributed by atoms with van der Waals surface area (Å²) >= 11 is 0. The maximum absolute atomic E-state index is 11.8. The lowest BCUT2D eigenvalue weighted by molar-refractivity contribution is -0.140. The zero-order valence-electron chi connectivity index (χ0n) is 11.9. The molecule has 2 atom stereocenters. The Balaban J connectivity index is 4.67. The number of carboxylic acids is 1. The number of nitrogens with one attached hydrogen (secondary N) is 1. The summed E-state index contributed by atoms with van der Waals surface area (Å²) in [6.07, 6.45) is 1.11. The van der Waals surface area contributed by atoms with Crippen LogP contribution in [0.3, 0.4) is 0 Å². The molecule has 0 radical (unpaired) electrons. The molecular formula is C12H25NO4S. The molecule has 0 heterocycles. The molecule has 0 aliphatic carbocycles. The third-order valence-corrected chi connectivity index (χ3v) is 4.26. The fourth-order valence-electron chi connectivity index (χ4n) is 1.34. The first-order valence-electron chi connectivity index (χ1n) is 6.21. The van der Waals surface area contributed by atoms with Crippen molar-refractivity contribution in [2.24, 2.45) is 11.3 Å². The minimum atomic E-state index is -3.54. The Kier molecular flexibility index (Phi) is 6.29. The van der Waals surface area contributed by atoms with Gasteiger partial charge in [0.25, 0.3) is 0 Å². The molecule has 108 valence electrons. The molecule has 5 nitrogen and oxygen atoms in total. The molecule has 0 aromatic heterocycles. The van der Waals surface area contributed by atoms with Gasteiger partial charge in [-0.1, -0.05) is 41.0 Å². The van der Waals surface area contributed by atoms with Crippen LogP contribution < -0.4 is 4.72 Å². The molecule has 0 bridgehead atoms. The number of sulfonamides is 1. The maximum atomic E-state index is 11.8. The topological polar surface area (TPSA) is 83.5 Å². The molecule has 0 unspecified atom stereocenters.